The van der Waals surface area contributed by atoms with Crippen LogP contribution in [-0.2, 0) is 18.8 Å². The van der Waals surface area contributed by atoms with Crippen LogP contribution in [0.2, 0.25) is 5.04 Å². The number of esters is 1. The number of carbonyl (C=O) groups excluding carboxylic acids is 2. The molecule has 0 radical (unpaired) electrons. The molecule has 0 aliphatic heterocycles. The summed E-state index contributed by atoms with van der Waals surface area (Å²) in [5.74, 6) is 0.169. The highest BCUT2D eigenvalue weighted by Crippen LogP contribution is 2.49. The van der Waals surface area contributed by atoms with E-state index in [1.54, 1.807) is 6.08 Å². The number of ketones is 1. The lowest BCUT2D eigenvalue weighted by Gasteiger charge is -2.47. The van der Waals surface area contributed by atoms with Crippen molar-refractivity contribution >= 4 is 30.4 Å². The first kappa shape index (κ1) is 32.1. The third-order valence-electron chi connectivity index (χ3n) is 8.17. The highest BCUT2D eigenvalue weighted by atomic mass is 28.4. The van der Waals surface area contributed by atoms with Crippen molar-refractivity contribution in [3.63, 3.8) is 0 Å². The summed E-state index contributed by atoms with van der Waals surface area (Å²) in [4.78, 5) is 26.3. The minimum Gasteiger partial charge on any atom is -0.537 e. The van der Waals surface area contributed by atoms with E-state index in [1.165, 1.54) is 17.3 Å². The Morgan fingerprint density at radius 1 is 1.00 bits per heavy atom. The molecule has 0 heterocycles. The lowest BCUT2D eigenvalue weighted by Crippen LogP contribution is -2.66. The van der Waals surface area contributed by atoms with Crippen LogP contribution in [0.4, 0.5) is 0 Å². The summed E-state index contributed by atoms with van der Waals surface area (Å²) in [6.45, 7) is 22.0. The maximum atomic E-state index is 14.3. The second-order valence-electron chi connectivity index (χ2n) is 12.3. The van der Waals surface area contributed by atoms with Gasteiger partial charge in [0.05, 0.1) is 5.76 Å². The minimum absolute atomic E-state index is 0.0804. The van der Waals surface area contributed by atoms with Crippen molar-refractivity contribution < 1.29 is 18.8 Å². The molecule has 5 heteroatoms. The van der Waals surface area contributed by atoms with E-state index in [-0.39, 0.29) is 16.7 Å². The monoisotopic (exact) mass is 570 g/mol. The van der Waals surface area contributed by atoms with Crippen LogP contribution in [0.25, 0.3) is 0 Å². The Labute approximate surface area is 248 Å². The predicted octanol–water partition coefficient (Wildman–Crippen LogP) is 7.46. The van der Waals surface area contributed by atoms with Gasteiger partial charge in [-0.05, 0) is 53.6 Å². The molecule has 4 nitrogen and oxygen atoms in total. The molecule has 218 valence electrons. The van der Waals surface area contributed by atoms with Crippen LogP contribution in [0.15, 0.2) is 110 Å². The zero-order chi connectivity index (χ0) is 30.3. The average molecular weight is 571 g/mol. The molecular weight excluding hydrogens is 524 g/mol. The first-order valence-corrected chi connectivity index (χ1v) is 16.4. The third-order valence-corrected chi connectivity index (χ3v) is 13.1. The second kappa shape index (κ2) is 13.5. The molecule has 0 spiro atoms. The number of rotatable bonds is 13. The minimum atomic E-state index is -2.83. The number of ether oxygens (including phenoxy) is 1. The van der Waals surface area contributed by atoms with Crippen molar-refractivity contribution in [2.75, 3.05) is 0 Å². The van der Waals surface area contributed by atoms with E-state index in [1.807, 2.05) is 25.1 Å². The number of benzene rings is 2. The summed E-state index contributed by atoms with van der Waals surface area (Å²) in [5, 5.41) is 2.23. The fraction of sp³-hybridized carbons (Fsp3) is 0.389. The molecule has 1 aliphatic rings. The van der Waals surface area contributed by atoms with Gasteiger partial charge in [0, 0.05) is 25.2 Å². The van der Waals surface area contributed by atoms with Crippen molar-refractivity contribution in [3.05, 3.63) is 110 Å². The van der Waals surface area contributed by atoms with Crippen LogP contribution in [0, 0.1) is 11.3 Å². The van der Waals surface area contributed by atoms with Crippen molar-refractivity contribution in [1.29, 1.82) is 0 Å². The van der Waals surface area contributed by atoms with Crippen LogP contribution in [-0.4, -0.2) is 26.2 Å². The molecule has 1 aliphatic carbocycles. The first-order valence-electron chi connectivity index (χ1n) is 14.5. The van der Waals surface area contributed by atoms with E-state index < -0.39 is 25.8 Å². The number of carbonyl (C=O) groups is 2. The molecule has 3 atom stereocenters. The SMILES string of the molecule is C=CC[C@H]1C=C(O[Si](c2ccccc2)(c2ccccc2)C(C)(C)C)CC[C@]1(CC=C)C(=O)[C@H](CC(=C)C)OC(C)=O. The topological polar surface area (TPSA) is 52.6 Å². The standard InChI is InChI=1S/C36H46O4Si/c1-9-17-29-26-30(22-24-36(29,23-10-2)34(38)33(25-27(3)4)39-28(5)37)40-41(35(6,7)8,31-18-13-11-14-19-31)32-20-15-12-16-21-32/h9-16,18-21,26,29,33H,1-3,17,22-25H2,4-8H3/t29-,33-,36-/m0/s1. The van der Waals surface area contributed by atoms with E-state index in [0.29, 0.717) is 32.1 Å². The summed E-state index contributed by atoms with van der Waals surface area (Å²) in [5.41, 5.74) is 0.00441. The molecule has 0 saturated carbocycles. The van der Waals surface area contributed by atoms with Gasteiger partial charge in [-0.1, -0.05) is 106 Å². The van der Waals surface area contributed by atoms with Gasteiger partial charge in [0.25, 0.3) is 0 Å². The Balaban J connectivity index is 2.16. The molecule has 0 bridgehead atoms. The molecule has 2 aromatic carbocycles. The first-order chi connectivity index (χ1) is 19.4. The van der Waals surface area contributed by atoms with Crippen LogP contribution in [0.1, 0.15) is 66.7 Å². The summed E-state index contributed by atoms with van der Waals surface area (Å²) >= 11 is 0. The van der Waals surface area contributed by atoms with Gasteiger partial charge in [0.15, 0.2) is 11.9 Å². The number of Topliss-reactive ketones (excluding diaryl/α,β-unsaturated/α-hetero) is 1. The summed E-state index contributed by atoms with van der Waals surface area (Å²) in [7, 11) is -2.83. The van der Waals surface area contributed by atoms with E-state index in [2.05, 4.69) is 95.1 Å². The van der Waals surface area contributed by atoms with Gasteiger partial charge in [0.2, 0.25) is 0 Å². The van der Waals surface area contributed by atoms with Crippen LogP contribution >= 0.6 is 0 Å². The Kier molecular flexibility index (Phi) is 10.5. The molecular formula is C36H46O4Si. The van der Waals surface area contributed by atoms with Crippen LogP contribution in [0.3, 0.4) is 0 Å². The number of hydrogen-bond acceptors (Lipinski definition) is 4. The summed E-state index contributed by atoms with van der Waals surface area (Å²) < 4.78 is 12.9. The fourth-order valence-electron chi connectivity index (χ4n) is 6.35. The van der Waals surface area contributed by atoms with Crippen molar-refractivity contribution in [2.45, 2.75) is 77.9 Å². The van der Waals surface area contributed by atoms with E-state index in [4.69, 9.17) is 9.16 Å². The second-order valence-corrected chi connectivity index (χ2v) is 16.5. The molecule has 2 aromatic rings. The lowest BCUT2D eigenvalue weighted by molar-refractivity contribution is -0.158. The Morgan fingerprint density at radius 2 is 1.56 bits per heavy atom. The van der Waals surface area contributed by atoms with Gasteiger partial charge in [0.1, 0.15) is 0 Å². The lowest BCUT2D eigenvalue weighted by atomic mass is 9.61. The van der Waals surface area contributed by atoms with Crippen molar-refractivity contribution in [3.8, 4) is 0 Å². The Bertz CT molecular complexity index is 1220. The molecule has 0 N–H and O–H groups in total. The molecule has 0 amide bonds. The summed E-state index contributed by atoms with van der Waals surface area (Å²) in [6, 6.07) is 21.1. The molecule has 0 unspecified atom stereocenters. The highest BCUT2D eigenvalue weighted by Gasteiger charge is 2.54. The average Bonchev–Trinajstić information content (AvgIpc) is 2.92. The molecule has 0 fully saturated rings. The highest BCUT2D eigenvalue weighted by molar-refractivity contribution is 6.99. The van der Waals surface area contributed by atoms with Crippen molar-refractivity contribution in [1.82, 2.24) is 0 Å². The van der Waals surface area contributed by atoms with Gasteiger partial charge in [-0.3, -0.25) is 9.59 Å². The maximum absolute atomic E-state index is 14.3. The number of hydrogen-bond donors (Lipinski definition) is 0. The molecule has 41 heavy (non-hydrogen) atoms. The smallest absolute Gasteiger partial charge is 0.319 e. The fourth-order valence-corrected chi connectivity index (χ4v) is 10.8. The quantitative estimate of drug-likeness (QED) is 0.142. The van der Waals surface area contributed by atoms with Gasteiger partial charge in [-0.15, -0.1) is 13.2 Å². The predicted molar refractivity (Wildman–Crippen MR) is 172 cm³/mol. The Hall–Kier alpha value is -3.44. The zero-order valence-corrected chi connectivity index (χ0v) is 26.5. The van der Waals surface area contributed by atoms with Gasteiger partial charge in [-0.25, -0.2) is 0 Å². The van der Waals surface area contributed by atoms with E-state index in [9.17, 15) is 9.59 Å². The van der Waals surface area contributed by atoms with Gasteiger partial charge >= 0.3 is 14.3 Å². The normalized spacial score (nSPS) is 19.8. The number of allylic oxidation sites excluding steroid dienone is 4. The summed E-state index contributed by atoms with van der Waals surface area (Å²) in [6.07, 6.45) is 7.45. The molecule has 0 saturated heterocycles. The van der Waals surface area contributed by atoms with Gasteiger partial charge < -0.3 is 9.16 Å². The molecule has 3 rings (SSSR count). The van der Waals surface area contributed by atoms with Crippen molar-refractivity contribution in [2.24, 2.45) is 11.3 Å². The van der Waals surface area contributed by atoms with E-state index in [0.717, 1.165) is 11.3 Å². The molecule has 0 aromatic heterocycles. The third kappa shape index (κ3) is 6.90. The maximum Gasteiger partial charge on any atom is 0.319 e. The van der Waals surface area contributed by atoms with Crippen LogP contribution < -0.4 is 10.4 Å². The van der Waals surface area contributed by atoms with E-state index >= 15 is 0 Å². The Morgan fingerprint density at radius 3 is 2.00 bits per heavy atom. The zero-order valence-electron chi connectivity index (χ0n) is 25.5. The van der Waals surface area contributed by atoms with Gasteiger partial charge in [-0.2, -0.15) is 0 Å². The largest absolute Gasteiger partial charge is 0.537 e. The van der Waals surface area contributed by atoms with Crippen LogP contribution in [0.5, 0.6) is 0 Å².